The van der Waals surface area contributed by atoms with Crippen molar-refractivity contribution >= 4 is 44.9 Å². The fourth-order valence-corrected chi connectivity index (χ4v) is 4.47. The Morgan fingerprint density at radius 1 is 1.07 bits per heavy atom. The average molecular weight is 432 g/mol. The first-order valence-corrected chi connectivity index (χ1v) is 11.0. The summed E-state index contributed by atoms with van der Waals surface area (Å²) in [5, 5.41) is 12.5. The third-order valence-corrected chi connectivity index (χ3v) is 6.24. The largest absolute Gasteiger partial charge is 0.484 e. The number of aromatic nitrogens is 1. The van der Waals surface area contributed by atoms with Gasteiger partial charge in [-0.2, -0.15) is 5.26 Å². The van der Waals surface area contributed by atoms with Gasteiger partial charge in [0.1, 0.15) is 10.8 Å². The number of fused-ring (bicyclic) bond motifs is 1. The van der Waals surface area contributed by atoms with Gasteiger partial charge in [-0.1, -0.05) is 24.3 Å². The van der Waals surface area contributed by atoms with E-state index in [4.69, 9.17) is 10.00 Å². The molecule has 3 aromatic carbocycles. The molecule has 0 aliphatic carbocycles. The van der Waals surface area contributed by atoms with Crippen molar-refractivity contribution in [2.24, 2.45) is 0 Å². The predicted molar refractivity (Wildman–Crippen MR) is 122 cm³/mol. The van der Waals surface area contributed by atoms with Crippen LogP contribution in [0.4, 0.5) is 5.69 Å². The Balaban J connectivity index is 1.36. The number of nitrogens with zero attached hydrogens (tertiary/aromatic N) is 2. The topological polar surface area (TPSA) is 75.0 Å². The van der Waals surface area contributed by atoms with Crippen LogP contribution in [-0.4, -0.2) is 23.3 Å². The van der Waals surface area contributed by atoms with Crippen molar-refractivity contribution in [2.45, 2.75) is 4.90 Å². The van der Waals surface area contributed by atoms with Crippen molar-refractivity contribution in [3.05, 3.63) is 72.8 Å². The van der Waals surface area contributed by atoms with E-state index in [0.29, 0.717) is 17.2 Å². The molecule has 1 amide bonds. The van der Waals surface area contributed by atoms with Crippen LogP contribution < -0.4 is 10.1 Å². The number of ether oxygens (including phenoxy) is 1. The number of hydrogen-bond donors (Lipinski definition) is 1. The monoisotopic (exact) mass is 431 g/mol. The van der Waals surface area contributed by atoms with E-state index in [0.717, 1.165) is 25.7 Å². The highest BCUT2D eigenvalue weighted by atomic mass is 32.2. The minimum atomic E-state index is -0.254. The van der Waals surface area contributed by atoms with E-state index in [1.165, 1.54) is 11.8 Å². The van der Waals surface area contributed by atoms with Gasteiger partial charge in [0.15, 0.2) is 6.61 Å². The number of carbonyl (C=O) groups is 1. The van der Waals surface area contributed by atoms with Crippen LogP contribution in [0.2, 0.25) is 0 Å². The Labute approximate surface area is 182 Å². The minimum Gasteiger partial charge on any atom is -0.484 e. The molecule has 4 aromatic rings. The van der Waals surface area contributed by atoms with Crippen LogP contribution in [0, 0.1) is 11.3 Å². The Bertz CT molecular complexity index is 1180. The maximum Gasteiger partial charge on any atom is 0.262 e. The van der Waals surface area contributed by atoms with E-state index in [9.17, 15) is 4.79 Å². The minimum absolute atomic E-state index is 0.0995. The highest BCUT2D eigenvalue weighted by molar-refractivity contribution is 7.99. The summed E-state index contributed by atoms with van der Waals surface area (Å²) in [6.07, 6.45) is 0. The number of amides is 1. The normalized spacial score (nSPS) is 10.5. The fraction of sp³-hybridized carbons (Fsp3) is 0.0870. The predicted octanol–water partition coefficient (Wildman–Crippen LogP) is 5.60. The number of hydrogen-bond acceptors (Lipinski definition) is 6. The Morgan fingerprint density at radius 2 is 1.83 bits per heavy atom. The van der Waals surface area contributed by atoms with E-state index >= 15 is 0 Å². The molecule has 0 unspecified atom stereocenters. The second-order valence-electron chi connectivity index (χ2n) is 6.29. The van der Waals surface area contributed by atoms with E-state index < -0.39 is 0 Å². The molecule has 0 aliphatic heterocycles. The number of anilines is 1. The molecule has 1 aromatic heterocycles. The molecular weight excluding hydrogens is 414 g/mol. The summed E-state index contributed by atoms with van der Waals surface area (Å²) in [5.74, 6) is 0.683. The van der Waals surface area contributed by atoms with Crippen LogP contribution in [0.1, 0.15) is 0 Å². The van der Waals surface area contributed by atoms with Crippen LogP contribution in [0.25, 0.3) is 20.8 Å². The highest BCUT2D eigenvalue weighted by Crippen LogP contribution is 2.31. The van der Waals surface area contributed by atoms with Crippen LogP contribution >= 0.6 is 23.1 Å². The van der Waals surface area contributed by atoms with Crippen LogP contribution in [0.3, 0.4) is 0 Å². The lowest BCUT2D eigenvalue weighted by atomic mass is 10.2. The van der Waals surface area contributed by atoms with Gasteiger partial charge < -0.3 is 10.1 Å². The van der Waals surface area contributed by atoms with Crippen molar-refractivity contribution in [2.75, 3.05) is 17.7 Å². The van der Waals surface area contributed by atoms with Crippen molar-refractivity contribution in [3.8, 4) is 22.4 Å². The Morgan fingerprint density at radius 3 is 2.63 bits per heavy atom. The first-order chi connectivity index (χ1) is 14.7. The molecule has 0 saturated carbocycles. The number of carbonyl (C=O) groups excluding carboxylic acids is 1. The first-order valence-electron chi connectivity index (χ1n) is 9.20. The van der Waals surface area contributed by atoms with Crippen molar-refractivity contribution in [1.82, 2.24) is 4.98 Å². The van der Waals surface area contributed by atoms with Gasteiger partial charge in [0.25, 0.3) is 5.91 Å². The smallest absolute Gasteiger partial charge is 0.262 e. The number of benzene rings is 3. The Hall–Kier alpha value is -3.34. The number of para-hydroxylation sites is 2. The van der Waals surface area contributed by atoms with Gasteiger partial charge in [0.05, 0.1) is 27.7 Å². The van der Waals surface area contributed by atoms with Gasteiger partial charge in [-0.3, -0.25) is 4.79 Å². The second kappa shape index (κ2) is 9.44. The van der Waals surface area contributed by atoms with E-state index in [-0.39, 0.29) is 12.5 Å². The number of thioether (sulfide) groups is 1. The zero-order valence-corrected chi connectivity index (χ0v) is 17.5. The SMILES string of the molecule is N#CCSc1ccccc1NC(=O)COc1ccc(-c2nc3ccccc3s2)cc1. The van der Waals surface area contributed by atoms with Gasteiger partial charge in [-0.25, -0.2) is 4.98 Å². The fourth-order valence-electron chi connectivity index (χ4n) is 2.83. The van der Waals surface area contributed by atoms with Crippen LogP contribution in [0.5, 0.6) is 5.75 Å². The summed E-state index contributed by atoms with van der Waals surface area (Å²) in [4.78, 5) is 17.8. The number of nitrogens with one attached hydrogen (secondary N) is 1. The van der Waals surface area contributed by atoms with Gasteiger partial charge >= 0.3 is 0 Å². The van der Waals surface area contributed by atoms with E-state index in [1.54, 1.807) is 11.3 Å². The van der Waals surface area contributed by atoms with E-state index in [2.05, 4.69) is 22.4 Å². The lowest BCUT2D eigenvalue weighted by molar-refractivity contribution is -0.118. The standard InChI is InChI=1S/C23H17N3O2S2/c24-13-14-29-20-7-3-1-5-18(20)25-22(27)15-28-17-11-9-16(10-12-17)23-26-19-6-2-4-8-21(19)30-23/h1-12H,14-15H2,(H,25,27). The molecule has 0 saturated heterocycles. The lowest BCUT2D eigenvalue weighted by Crippen LogP contribution is -2.20. The third kappa shape index (κ3) is 4.79. The average Bonchev–Trinajstić information content (AvgIpc) is 3.22. The Kier molecular flexibility index (Phi) is 6.28. The van der Waals surface area contributed by atoms with Crippen LogP contribution in [0.15, 0.2) is 77.7 Å². The maximum atomic E-state index is 12.3. The summed E-state index contributed by atoms with van der Waals surface area (Å²) >= 11 is 3.03. The first kappa shape index (κ1) is 20.0. The molecule has 0 spiro atoms. The molecule has 148 valence electrons. The van der Waals surface area contributed by atoms with Gasteiger partial charge in [-0.15, -0.1) is 23.1 Å². The second-order valence-corrected chi connectivity index (χ2v) is 8.34. The van der Waals surface area contributed by atoms with Gasteiger partial charge in [0, 0.05) is 10.5 Å². The summed E-state index contributed by atoms with van der Waals surface area (Å²) < 4.78 is 6.77. The molecule has 1 N–H and O–H groups in total. The highest BCUT2D eigenvalue weighted by Gasteiger charge is 2.09. The molecular formula is C23H17N3O2S2. The summed E-state index contributed by atoms with van der Waals surface area (Å²) in [6, 6.07) is 25.1. The van der Waals surface area contributed by atoms with Crippen molar-refractivity contribution in [3.63, 3.8) is 0 Å². The molecule has 4 rings (SSSR count). The zero-order chi connectivity index (χ0) is 20.8. The summed E-state index contributed by atoms with van der Waals surface area (Å²) in [6.45, 7) is -0.0995. The molecule has 0 aliphatic rings. The summed E-state index contributed by atoms with van der Waals surface area (Å²) in [5.41, 5.74) is 2.68. The number of rotatable bonds is 7. The molecule has 0 radical (unpaired) electrons. The quantitative estimate of drug-likeness (QED) is 0.386. The molecule has 0 bridgehead atoms. The zero-order valence-electron chi connectivity index (χ0n) is 15.9. The molecule has 5 nitrogen and oxygen atoms in total. The number of thiazole rings is 1. The molecule has 1 heterocycles. The van der Waals surface area contributed by atoms with Crippen molar-refractivity contribution in [1.29, 1.82) is 5.26 Å². The summed E-state index contributed by atoms with van der Waals surface area (Å²) in [7, 11) is 0. The number of nitriles is 1. The maximum absolute atomic E-state index is 12.3. The molecule has 0 atom stereocenters. The molecule has 0 fully saturated rings. The third-order valence-electron chi connectivity index (χ3n) is 4.22. The molecule has 30 heavy (non-hydrogen) atoms. The molecule has 7 heteroatoms. The van der Waals surface area contributed by atoms with Crippen LogP contribution in [-0.2, 0) is 4.79 Å². The lowest BCUT2D eigenvalue weighted by Gasteiger charge is -2.10. The van der Waals surface area contributed by atoms with Crippen molar-refractivity contribution < 1.29 is 9.53 Å². The van der Waals surface area contributed by atoms with E-state index in [1.807, 2.05) is 66.7 Å². The van der Waals surface area contributed by atoms with Gasteiger partial charge in [0.2, 0.25) is 0 Å². The van der Waals surface area contributed by atoms with Gasteiger partial charge in [-0.05, 0) is 48.5 Å².